The lowest BCUT2D eigenvalue weighted by Gasteiger charge is -2.15. The van der Waals surface area contributed by atoms with Crippen LogP contribution in [0.4, 0.5) is 8.78 Å². The van der Waals surface area contributed by atoms with Crippen LogP contribution in [0.25, 0.3) is 0 Å². The highest BCUT2D eigenvalue weighted by Gasteiger charge is 2.19. The first kappa shape index (κ1) is 10.6. The van der Waals surface area contributed by atoms with Gasteiger partial charge in [-0.25, -0.2) is 8.78 Å². The van der Waals surface area contributed by atoms with Gasteiger partial charge in [0.05, 0.1) is 0 Å². The van der Waals surface area contributed by atoms with Crippen molar-refractivity contribution in [3.05, 3.63) is 35.4 Å². The summed E-state index contributed by atoms with van der Waals surface area (Å²) in [6.07, 6.45) is 3.13. The molecule has 0 amide bonds. The molecule has 0 aliphatic carbocycles. The average molecular weight is 211 g/mol. The maximum atomic E-state index is 13.5. The summed E-state index contributed by atoms with van der Waals surface area (Å²) in [6, 6.07) is 4.44. The zero-order valence-corrected chi connectivity index (χ0v) is 8.60. The van der Waals surface area contributed by atoms with E-state index in [4.69, 9.17) is 0 Å². The molecule has 1 atom stereocenters. The van der Waals surface area contributed by atoms with Crippen LogP contribution in [-0.4, -0.2) is 13.1 Å². The normalized spacial score (nSPS) is 22.4. The highest BCUT2D eigenvalue weighted by Crippen LogP contribution is 2.26. The fourth-order valence-electron chi connectivity index (χ4n) is 2.12. The molecule has 0 bridgehead atoms. The van der Waals surface area contributed by atoms with Gasteiger partial charge in [0.2, 0.25) is 0 Å². The first-order valence-electron chi connectivity index (χ1n) is 5.43. The van der Waals surface area contributed by atoms with Crippen molar-refractivity contribution in [2.45, 2.75) is 25.2 Å². The number of rotatable bonds is 1. The molecule has 1 aliphatic heterocycles. The van der Waals surface area contributed by atoms with Crippen LogP contribution in [0.5, 0.6) is 0 Å². The number of nitrogens with one attached hydrogen (secondary N) is 1. The van der Waals surface area contributed by atoms with Gasteiger partial charge in [-0.05, 0) is 36.9 Å². The fraction of sp³-hybridized carbons (Fsp3) is 0.500. The molecule has 1 nitrogen and oxygen atoms in total. The van der Waals surface area contributed by atoms with Gasteiger partial charge in [-0.3, -0.25) is 0 Å². The van der Waals surface area contributed by atoms with Gasteiger partial charge >= 0.3 is 0 Å². The van der Waals surface area contributed by atoms with E-state index < -0.39 is 11.6 Å². The van der Waals surface area contributed by atoms with Gasteiger partial charge in [0.1, 0.15) is 0 Å². The average Bonchev–Trinajstić information content (AvgIpc) is 2.50. The molecule has 3 heteroatoms. The molecule has 1 heterocycles. The fourth-order valence-corrected chi connectivity index (χ4v) is 2.12. The van der Waals surface area contributed by atoms with Crippen LogP contribution in [0, 0.1) is 11.6 Å². The van der Waals surface area contributed by atoms with E-state index in [1.54, 1.807) is 12.1 Å². The van der Waals surface area contributed by atoms with Crippen LogP contribution in [0.1, 0.15) is 30.7 Å². The molecule has 0 unspecified atom stereocenters. The lowest BCUT2D eigenvalue weighted by Crippen LogP contribution is -2.20. The Kier molecular flexibility index (Phi) is 3.31. The van der Waals surface area contributed by atoms with Crippen LogP contribution >= 0.6 is 0 Å². The van der Waals surface area contributed by atoms with Crippen LogP contribution in [0.3, 0.4) is 0 Å². The third kappa shape index (κ3) is 2.34. The second-order valence-electron chi connectivity index (χ2n) is 4.04. The Morgan fingerprint density at radius 3 is 2.93 bits per heavy atom. The van der Waals surface area contributed by atoms with E-state index in [1.165, 1.54) is 6.07 Å². The lowest BCUT2D eigenvalue weighted by molar-refractivity contribution is 0.479. The Balaban J connectivity index is 2.23. The van der Waals surface area contributed by atoms with Gasteiger partial charge in [0.15, 0.2) is 11.6 Å². The van der Waals surface area contributed by atoms with E-state index in [-0.39, 0.29) is 5.92 Å². The van der Waals surface area contributed by atoms with Crippen molar-refractivity contribution in [1.29, 1.82) is 0 Å². The van der Waals surface area contributed by atoms with Crippen molar-refractivity contribution in [3.63, 3.8) is 0 Å². The summed E-state index contributed by atoms with van der Waals surface area (Å²) in [6.45, 7) is 1.73. The summed E-state index contributed by atoms with van der Waals surface area (Å²) < 4.78 is 26.6. The smallest absolute Gasteiger partial charge is 0.162 e. The molecular formula is C12H15F2N. The highest BCUT2D eigenvalue weighted by atomic mass is 19.2. The van der Waals surface area contributed by atoms with E-state index in [0.29, 0.717) is 5.56 Å². The van der Waals surface area contributed by atoms with Crippen molar-refractivity contribution in [2.75, 3.05) is 13.1 Å². The van der Waals surface area contributed by atoms with Crippen LogP contribution in [0.2, 0.25) is 0 Å². The second kappa shape index (κ2) is 4.71. The Morgan fingerprint density at radius 2 is 2.07 bits per heavy atom. The lowest BCUT2D eigenvalue weighted by atomic mass is 9.94. The van der Waals surface area contributed by atoms with Crippen molar-refractivity contribution < 1.29 is 8.78 Å². The van der Waals surface area contributed by atoms with Gasteiger partial charge in [0, 0.05) is 6.54 Å². The largest absolute Gasteiger partial charge is 0.316 e. The molecule has 1 saturated heterocycles. The molecular weight excluding hydrogens is 196 g/mol. The first-order chi connectivity index (χ1) is 7.29. The summed E-state index contributed by atoms with van der Waals surface area (Å²) in [5.74, 6) is -1.30. The van der Waals surface area contributed by atoms with E-state index in [2.05, 4.69) is 5.32 Å². The van der Waals surface area contributed by atoms with Gasteiger partial charge in [0.25, 0.3) is 0 Å². The van der Waals surface area contributed by atoms with E-state index in [0.717, 1.165) is 32.4 Å². The van der Waals surface area contributed by atoms with Gasteiger partial charge < -0.3 is 5.32 Å². The molecule has 0 aromatic heterocycles. The van der Waals surface area contributed by atoms with Crippen LogP contribution in [0.15, 0.2) is 18.2 Å². The Hall–Kier alpha value is -0.960. The van der Waals surface area contributed by atoms with Crippen molar-refractivity contribution in [2.24, 2.45) is 0 Å². The molecule has 1 N–H and O–H groups in total. The molecule has 1 aromatic rings. The number of hydrogen-bond acceptors (Lipinski definition) is 1. The van der Waals surface area contributed by atoms with Gasteiger partial charge in [-0.1, -0.05) is 18.6 Å². The Morgan fingerprint density at radius 1 is 1.20 bits per heavy atom. The maximum Gasteiger partial charge on any atom is 0.162 e. The third-order valence-electron chi connectivity index (χ3n) is 2.97. The van der Waals surface area contributed by atoms with Crippen LogP contribution < -0.4 is 5.32 Å². The summed E-state index contributed by atoms with van der Waals surface area (Å²) in [5.41, 5.74) is 0.518. The maximum absolute atomic E-state index is 13.5. The molecule has 0 saturated carbocycles. The van der Waals surface area contributed by atoms with E-state index in [9.17, 15) is 8.78 Å². The molecule has 1 aromatic carbocycles. The van der Waals surface area contributed by atoms with Gasteiger partial charge in [-0.2, -0.15) is 0 Å². The van der Waals surface area contributed by atoms with Crippen molar-refractivity contribution in [1.82, 2.24) is 5.32 Å². The summed E-state index contributed by atoms with van der Waals surface area (Å²) >= 11 is 0. The molecule has 0 spiro atoms. The van der Waals surface area contributed by atoms with E-state index in [1.807, 2.05) is 0 Å². The third-order valence-corrected chi connectivity index (χ3v) is 2.97. The van der Waals surface area contributed by atoms with Gasteiger partial charge in [-0.15, -0.1) is 0 Å². The molecule has 1 fully saturated rings. The quantitative estimate of drug-likeness (QED) is 0.753. The predicted octanol–water partition coefficient (Wildman–Crippen LogP) is 2.82. The first-order valence-corrected chi connectivity index (χ1v) is 5.43. The minimum Gasteiger partial charge on any atom is -0.316 e. The molecule has 2 rings (SSSR count). The Bertz CT molecular complexity index is 330. The second-order valence-corrected chi connectivity index (χ2v) is 4.04. The highest BCUT2D eigenvalue weighted by molar-refractivity contribution is 5.23. The molecule has 1 aliphatic rings. The summed E-state index contributed by atoms with van der Waals surface area (Å²) in [4.78, 5) is 0. The zero-order valence-electron chi connectivity index (χ0n) is 8.60. The summed E-state index contributed by atoms with van der Waals surface area (Å²) in [7, 11) is 0. The van der Waals surface area contributed by atoms with Crippen LogP contribution in [-0.2, 0) is 0 Å². The minimum atomic E-state index is -0.739. The minimum absolute atomic E-state index is 0.114. The standard InChI is InChI=1S/C12H15F2N/c13-11-6-3-5-10(12(11)14)9-4-1-2-7-15-8-9/h3,5-6,9,15H,1-2,4,7-8H2/t9-/m1/s1. The van der Waals surface area contributed by atoms with Crippen molar-refractivity contribution in [3.8, 4) is 0 Å². The molecule has 82 valence electrons. The number of halogens is 2. The molecule has 0 radical (unpaired) electrons. The van der Waals surface area contributed by atoms with Crippen molar-refractivity contribution >= 4 is 0 Å². The zero-order chi connectivity index (χ0) is 10.7. The Labute approximate surface area is 88.5 Å². The topological polar surface area (TPSA) is 12.0 Å². The number of hydrogen-bond donors (Lipinski definition) is 1. The van der Waals surface area contributed by atoms with E-state index >= 15 is 0 Å². The SMILES string of the molecule is Fc1cccc([C@@H]2CCCCNC2)c1F. The predicted molar refractivity (Wildman–Crippen MR) is 55.8 cm³/mol. The molecule has 15 heavy (non-hydrogen) atoms. The number of benzene rings is 1. The summed E-state index contributed by atoms with van der Waals surface area (Å²) in [5, 5.41) is 3.25. The monoisotopic (exact) mass is 211 g/mol.